The van der Waals surface area contributed by atoms with Gasteiger partial charge in [0, 0.05) is 49.3 Å². The van der Waals surface area contributed by atoms with Crippen molar-refractivity contribution in [2.45, 2.75) is 80.6 Å². The molecule has 0 atom stereocenters. The Kier molecular flexibility index (Phi) is 12.6. The summed E-state index contributed by atoms with van der Waals surface area (Å²) in [6, 6.07) is 3.00. The molecule has 0 saturated heterocycles. The minimum absolute atomic E-state index is 0.118. The predicted molar refractivity (Wildman–Crippen MR) is 169 cm³/mol. The first-order chi connectivity index (χ1) is 20.7. The van der Waals surface area contributed by atoms with E-state index in [-0.39, 0.29) is 29.0 Å². The minimum Gasteiger partial charge on any atom is -0.365 e. The zero-order valence-corrected chi connectivity index (χ0v) is 27.5. The average molecular weight is 639 g/mol. The average Bonchev–Trinajstić information content (AvgIpc) is 3.43. The molecule has 0 spiro atoms. The van der Waals surface area contributed by atoms with E-state index in [2.05, 4.69) is 10.1 Å². The molecule has 1 N–H and O–H groups in total. The maximum atomic E-state index is 13.3. The van der Waals surface area contributed by atoms with E-state index >= 15 is 0 Å². The Morgan fingerprint density at radius 3 is 2.20 bits per heavy atom. The van der Waals surface area contributed by atoms with E-state index in [0.717, 1.165) is 46.0 Å². The number of rotatable bonds is 6. The molecule has 1 saturated carbocycles. The summed E-state index contributed by atoms with van der Waals surface area (Å²) in [5.41, 5.74) is 0.709. The van der Waals surface area contributed by atoms with Crippen molar-refractivity contribution in [3.8, 4) is 11.4 Å². The molecule has 1 fully saturated rings. The van der Waals surface area contributed by atoms with Crippen molar-refractivity contribution in [3.05, 3.63) is 73.3 Å². The van der Waals surface area contributed by atoms with Crippen LogP contribution in [0.1, 0.15) is 76.0 Å². The van der Waals surface area contributed by atoms with E-state index in [1.54, 1.807) is 6.20 Å². The first-order valence-corrected chi connectivity index (χ1v) is 15.0. The van der Waals surface area contributed by atoms with Crippen molar-refractivity contribution in [1.82, 2.24) is 28.5 Å². The third kappa shape index (κ3) is 8.22. The van der Waals surface area contributed by atoms with Crippen molar-refractivity contribution in [2.75, 3.05) is 0 Å². The van der Waals surface area contributed by atoms with Gasteiger partial charge < -0.3 is 9.55 Å². The quantitative estimate of drug-likeness (QED) is 0.231. The molecule has 5 rings (SSSR count). The van der Waals surface area contributed by atoms with Gasteiger partial charge in [-0.25, -0.2) is 4.79 Å². The largest absolute Gasteiger partial charge is 0.454 e. The standard InChI is InChI=1S/C23H23F3N6O3.C4H7Cl.2C2H6/c1-12-6-14(8-27-12)10-32-18(16-7-15(11-29(16)2)19(33)23(24,25)26)17-20(28-32)31(9-13-4-5-13)22(35)30(3)21(17)34;1-3-4(2)5;2*1-2/h6-8,11,13,27H,4-5,9-10H2,1-3H3;3H,1-2H3;2*1-2H3/b;4-3+;;. The van der Waals surface area contributed by atoms with Crippen molar-refractivity contribution >= 4 is 28.4 Å². The van der Waals surface area contributed by atoms with Crippen LogP contribution in [-0.4, -0.2) is 40.4 Å². The molecular formula is C31H42ClF3N6O3. The summed E-state index contributed by atoms with van der Waals surface area (Å²) in [4.78, 5) is 41.2. The van der Waals surface area contributed by atoms with Gasteiger partial charge in [0.1, 0.15) is 11.1 Å². The van der Waals surface area contributed by atoms with Gasteiger partial charge in [-0.1, -0.05) is 45.4 Å². The molecule has 4 aromatic heterocycles. The highest BCUT2D eigenvalue weighted by Gasteiger charge is 2.40. The lowest BCUT2D eigenvalue weighted by Gasteiger charge is -2.09. The van der Waals surface area contributed by atoms with Gasteiger partial charge in [0.15, 0.2) is 5.65 Å². The molecule has 1 aliphatic carbocycles. The number of Topliss-reactive ketones (excluding diaryl/α,β-unsaturated/α-hetero) is 1. The molecule has 0 bridgehead atoms. The Morgan fingerprint density at radius 1 is 1.14 bits per heavy atom. The Bertz CT molecular complexity index is 1730. The summed E-state index contributed by atoms with van der Waals surface area (Å²) in [6.07, 6.45) is 1.59. The summed E-state index contributed by atoms with van der Waals surface area (Å²) in [5.74, 6) is -1.67. The van der Waals surface area contributed by atoms with Crippen LogP contribution in [0, 0.1) is 12.8 Å². The van der Waals surface area contributed by atoms with Crippen LogP contribution in [0.25, 0.3) is 22.4 Å². The summed E-state index contributed by atoms with van der Waals surface area (Å²) < 4.78 is 44.7. The third-order valence-corrected chi connectivity index (χ3v) is 6.97. The van der Waals surface area contributed by atoms with Crippen LogP contribution in [-0.2, 0) is 27.2 Å². The van der Waals surface area contributed by atoms with Crippen LogP contribution in [0.4, 0.5) is 13.2 Å². The Balaban J connectivity index is 0.000000673. The van der Waals surface area contributed by atoms with Gasteiger partial charge in [-0.15, -0.1) is 0 Å². The number of nitrogens with zero attached hydrogens (tertiary/aromatic N) is 5. The number of hydrogen-bond donors (Lipinski definition) is 1. The van der Waals surface area contributed by atoms with E-state index in [1.807, 2.05) is 60.6 Å². The topological polar surface area (TPSA) is 99.6 Å². The number of aromatic nitrogens is 6. The predicted octanol–water partition coefficient (Wildman–Crippen LogP) is 6.94. The molecule has 0 radical (unpaired) electrons. The van der Waals surface area contributed by atoms with Crippen LogP contribution >= 0.6 is 11.6 Å². The van der Waals surface area contributed by atoms with Crippen molar-refractivity contribution in [3.63, 3.8) is 0 Å². The second kappa shape index (κ2) is 15.3. The molecular weight excluding hydrogens is 597 g/mol. The molecule has 4 aromatic rings. The van der Waals surface area contributed by atoms with Crippen molar-refractivity contribution in [2.24, 2.45) is 20.0 Å². The van der Waals surface area contributed by atoms with Gasteiger partial charge in [-0.05, 0) is 57.2 Å². The molecule has 0 unspecified atom stereocenters. The molecule has 0 aromatic carbocycles. The maximum Gasteiger partial charge on any atom is 0.454 e. The Hall–Kier alpha value is -3.80. The number of H-pyrrole nitrogens is 1. The fourth-order valence-electron chi connectivity index (χ4n) is 4.38. The number of ketones is 1. The van der Waals surface area contributed by atoms with Gasteiger partial charge in [0.2, 0.25) is 0 Å². The number of aryl methyl sites for hydroxylation is 2. The molecule has 9 nitrogen and oxygen atoms in total. The number of fused-ring (bicyclic) bond motifs is 1. The highest BCUT2D eigenvalue weighted by atomic mass is 35.5. The maximum absolute atomic E-state index is 13.3. The van der Waals surface area contributed by atoms with Gasteiger partial charge in [-0.2, -0.15) is 18.3 Å². The van der Waals surface area contributed by atoms with Crippen LogP contribution in [0.3, 0.4) is 0 Å². The Morgan fingerprint density at radius 2 is 1.73 bits per heavy atom. The molecule has 44 heavy (non-hydrogen) atoms. The minimum atomic E-state index is -5.04. The van der Waals surface area contributed by atoms with E-state index in [9.17, 15) is 27.6 Å². The molecule has 0 amide bonds. The molecule has 0 aliphatic heterocycles. The number of nitrogens with one attached hydrogen (secondary N) is 1. The normalized spacial score (nSPS) is 13.0. The summed E-state index contributed by atoms with van der Waals surface area (Å²) in [5, 5.41) is 5.58. The number of allylic oxidation sites excluding steroid dienone is 2. The highest BCUT2D eigenvalue weighted by Crippen LogP contribution is 2.33. The Labute approximate surface area is 259 Å². The van der Waals surface area contributed by atoms with Crippen molar-refractivity contribution < 1.29 is 18.0 Å². The van der Waals surface area contributed by atoms with Crippen LogP contribution in [0.5, 0.6) is 0 Å². The summed E-state index contributed by atoms with van der Waals surface area (Å²) in [6.45, 7) is 14.2. The molecule has 4 heterocycles. The fourth-order valence-corrected chi connectivity index (χ4v) is 4.38. The second-order valence-corrected chi connectivity index (χ2v) is 10.6. The number of alkyl halides is 3. The first-order valence-electron chi connectivity index (χ1n) is 14.6. The molecule has 242 valence electrons. The second-order valence-electron chi connectivity index (χ2n) is 10.0. The number of aromatic amines is 1. The van der Waals surface area contributed by atoms with Gasteiger partial charge in [-0.3, -0.25) is 23.4 Å². The monoisotopic (exact) mass is 638 g/mol. The number of hydrogen-bond acceptors (Lipinski definition) is 4. The zero-order valence-electron chi connectivity index (χ0n) is 26.8. The number of halogens is 4. The van der Waals surface area contributed by atoms with Crippen LogP contribution < -0.4 is 11.2 Å². The fraction of sp³-hybridized carbons (Fsp3) is 0.484. The van der Waals surface area contributed by atoms with E-state index in [4.69, 9.17) is 11.6 Å². The van der Waals surface area contributed by atoms with E-state index < -0.39 is 28.8 Å². The highest BCUT2D eigenvalue weighted by molar-refractivity contribution is 6.29. The number of carbonyl (C=O) groups is 1. The number of carbonyl (C=O) groups excluding carboxylic acids is 1. The first kappa shape index (κ1) is 36.4. The van der Waals surface area contributed by atoms with E-state index in [1.165, 1.54) is 27.9 Å². The van der Waals surface area contributed by atoms with Crippen LogP contribution in [0.2, 0.25) is 0 Å². The SMILES string of the molecule is C/C=C(\C)Cl.CC.CC.Cc1cc(Cn2nc3c(c2-c2cc(C(=O)C(F)(F)F)cn2C)c(=O)n(C)c(=O)n3CC2CC2)c[nH]1. The third-order valence-electron chi connectivity index (χ3n) is 6.75. The zero-order chi connectivity index (χ0) is 33.5. The van der Waals surface area contributed by atoms with Crippen molar-refractivity contribution in [1.29, 1.82) is 0 Å². The van der Waals surface area contributed by atoms with Gasteiger partial charge in [0.25, 0.3) is 11.3 Å². The van der Waals surface area contributed by atoms with Crippen LogP contribution in [0.15, 0.2) is 45.2 Å². The van der Waals surface area contributed by atoms with Gasteiger partial charge in [0.05, 0.1) is 12.2 Å². The van der Waals surface area contributed by atoms with Gasteiger partial charge >= 0.3 is 11.9 Å². The smallest absolute Gasteiger partial charge is 0.365 e. The summed E-state index contributed by atoms with van der Waals surface area (Å²) >= 11 is 5.32. The lowest BCUT2D eigenvalue weighted by atomic mass is 10.1. The van der Waals surface area contributed by atoms with E-state index in [0.29, 0.717) is 12.5 Å². The lowest BCUT2D eigenvalue weighted by Crippen LogP contribution is -2.38. The molecule has 1 aliphatic rings. The summed E-state index contributed by atoms with van der Waals surface area (Å²) in [7, 11) is 2.87. The molecule has 13 heteroatoms. The lowest BCUT2D eigenvalue weighted by molar-refractivity contribution is -0.0885.